The Labute approximate surface area is 140 Å². The van der Waals surface area contributed by atoms with Crippen LogP contribution >= 0.6 is 0 Å². The summed E-state index contributed by atoms with van der Waals surface area (Å²) in [6, 6.07) is 7.50. The fourth-order valence-electron chi connectivity index (χ4n) is 2.93. The van der Waals surface area contributed by atoms with Crippen molar-refractivity contribution in [2.24, 2.45) is 0 Å². The fraction of sp³-hybridized carbons (Fsp3) is 0.438. The van der Waals surface area contributed by atoms with Crippen LogP contribution in [-0.2, 0) is 33.2 Å². The molecule has 2 heterocycles. The van der Waals surface area contributed by atoms with Crippen LogP contribution in [-0.4, -0.2) is 36.3 Å². The number of aromatic nitrogens is 2. The lowest BCUT2D eigenvalue weighted by Crippen LogP contribution is -2.39. The average Bonchev–Trinajstić information content (AvgIpc) is 3.08. The van der Waals surface area contributed by atoms with Crippen LogP contribution in [0.15, 0.2) is 28.8 Å². The Hall–Kier alpha value is -2.22. The van der Waals surface area contributed by atoms with E-state index in [1.807, 2.05) is 38.1 Å². The van der Waals surface area contributed by atoms with Crippen LogP contribution in [0.5, 0.6) is 0 Å². The van der Waals surface area contributed by atoms with Crippen LogP contribution in [0.1, 0.15) is 31.1 Å². The van der Waals surface area contributed by atoms with Gasteiger partial charge in [-0.05, 0) is 25.0 Å². The monoisotopic (exact) mass is 349 g/mol. The lowest BCUT2D eigenvalue weighted by Gasteiger charge is -2.22. The third-order valence-electron chi connectivity index (χ3n) is 3.99. The molecule has 0 bridgehead atoms. The Balaban J connectivity index is 1.74. The van der Waals surface area contributed by atoms with Gasteiger partial charge in [0.05, 0.1) is 0 Å². The van der Waals surface area contributed by atoms with Gasteiger partial charge in [-0.25, -0.2) is 8.42 Å². The minimum Gasteiger partial charge on any atom is -0.338 e. The predicted molar refractivity (Wildman–Crippen MR) is 88.3 cm³/mol. The molecular weight excluding hydrogens is 330 g/mol. The zero-order valence-electron chi connectivity index (χ0n) is 13.6. The molecule has 0 aliphatic carbocycles. The molecule has 1 aromatic carbocycles. The van der Waals surface area contributed by atoms with Crippen molar-refractivity contribution >= 4 is 21.4 Å². The second kappa shape index (κ2) is 6.35. The standard InChI is InChI=1S/C16H19N3O4S/c1-3-14-17-15(23-18-14)9-24(21,22)10-16(20)19-11(2)8-12-6-4-5-7-13(12)19/h4-7,11H,3,8-10H2,1-2H3. The molecule has 1 aliphatic heterocycles. The summed E-state index contributed by atoms with van der Waals surface area (Å²) in [7, 11) is -3.68. The third-order valence-corrected chi connectivity index (χ3v) is 5.36. The summed E-state index contributed by atoms with van der Waals surface area (Å²) in [4.78, 5) is 18.1. The van der Waals surface area contributed by atoms with Crippen LogP contribution in [0.3, 0.4) is 0 Å². The number of anilines is 1. The molecule has 1 atom stereocenters. The molecule has 24 heavy (non-hydrogen) atoms. The van der Waals surface area contributed by atoms with E-state index in [4.69, 9.17) is 4.52 Å². The maximum absolute atomic E-state index is 12.6. The van der Waals surface area contributed by atoms with Gasteiger partial charge in [0.1, 0.15) is 11.5 Å². The van der Waals surface area contributed by atoms with E-state index in [0.29, 0.717) is 12.2 Å². The number of carbonyl (C=O) groups is 1. The van der Waals surface area contributed by atoms with Crippen LogP contribution < -0.4 is 4.90 Å². The molecule has 1 aromatic heterocycles. The first-order valence-corrected chi connectivity index (χ1v) is 9.63. The van der Waals surface area contributed by atoms with Gasteiger partial charge in [-0.15, -0.1) is 0 Å². The smallest absolute Gasteiger partial charge is 0.242 e. The minimum absolute atomic E-state index is 0.0227. The molecule has 2 aromatic rings. The van der Waals surface area contributed by atoms with E-state index < -0.39 is 27.3 Å². The predicted octanol–water partition coefficient (Wildman–Crippen LogP) is 1.52. The molecule has 3 rings (SSSR count). The molecule has 0 saturated carbocycles. The summed E-state index contributed by atoms with van der Waals surface area (Å²) < 4.78 is 29.5. The lowest BCUT2D eigenvalue weighted by molar-refractivity contribution is -0.116. The first-order chi connectivity index (χ1) is 11.4. The van der Waals surface area contributed by atoms with Crippen molar-refractivity contribution < 1.29 is 17.7 Å². The van der Waals surface area contributed by atoms with Crippen molar-refractivity contribution in [3.63, 3.8) is 0 Å². The summed E-state index contributed by atoms with van der Waals surface area (Å²) in [5.74, 6) is -0.948. The van der Waals surface area contributed by atoms with Gasteiger partial charge in [-0.2, -0.15) is 4.98 Å². The van der Waals surface area contributed by atoms with Crippen molar-refractivity contribution in [2.75, 3.05) is 10.7 Å². The van der Waals surface area contributed by atoms with Gasteiger partial charge in [0, 0.05) is 18.2 Å². The fourth-order valence-corrected chi connectivity index (χ4v) is 4.05. The number of fused-ring (bicyclic) bond motifs is 1. The Kier molecular flexibility index (Phi) is 4.40. The highest BCUT2D eigenvalue weighted by molar-refractivity contribution is 7.91. The van der Waals surface area contributed by atoms with Crippen molar-refractivity contribution in [3.05, 3.63) is 41.5 Å². The van der Waals surface area contributed by atoms with E-state index in [0.717, 1.165) is 17.7 Å². The molecule has 128 valence electrons. The molecule has 0 fully saturated rings. The van der Waals surface area contributed by atoms with Crippen molar-refractivity contribution in [2.45, 2.75) is 38.5 Å². The Morgan fingerprint density at radius 1 is 1.38 bits per heavy atom. The minimum atomic E-state index is -3.68. The molecule has 0 radical (unpaired) electrons. The first-order valence-electron chi connectivity index (χ1n) is 7.81. The third kappa shape index (κ3) is 3.33. The molecule has 8 heteroatoms. The summed E-state index contributed by atoms with van der Waals surface area (Å²) in [5, 5.41) is 3.67. The molecule has 1 aliphatic rings. The van der Waals surface area contributed by atoms with Gasteiger partial charge < -0.3 is 9.42 Å². The van der Waals surface area contributed by atoms with Gasteiger partial charge in [0.2, 0.25) is 11.8 Å². The average molecular weight is 349 g/mol. The van der Waals surface area contributed by atoms with Gasteiger partial charge >= 0.3 is 0 Å². The number of aryl methyl sites for hydroxylation is 1. The lowest BCUT2D eigenvalue weighted by atomic mass is 10.1. The van der Waals surface area contributed by atoms with Crippen LogP contribution in [0.4, 0.5) is 5.69 Å². The normalized spacial score (nSPS) is 17.1. The quantitative estimate of drug-likeness (QED) is 0.812. The summed E-state index contributed by atoms with van der Waals surface area (Å²) in [5.41, 5.74) is 1.84. The number of rotatable bonds is 5. The topological polar surface area (TPSA) is 93.4 Å². The van der Waals surface area contributed by atoms with Crippen molar-refractivity contribution in [3.8, 4) is 0 Å². The van der Waals surface area contributed by atoms with Crippen LogP contribution in [0.2, 0.25) is 0 Å². The second-order valence-electron chi connectivity index (χ2n) is 5.94. The van der Waals surface area contributed by atoms with Gasteiger partial charge in [-0.3, -0.25) is 4.79 Å². The largest absolute Gasteiger partial charge is 0.338 e. The maximum Gasteiger partial charge on any atom is 0.242 e. The Morgan fingerprint density at radius 2 is 2.12 bits per heavy atom. The number of benzene rings is 1. The molecule has 0 spiro atoms. The second-order valence-corrected chi connectivity index (χ2v) is 8.00. The van der Waals surface area contributed by atoms with Crippen molar-refractivity contribution in [1.82, 2.24) is 10.1 Å². The molecular formula is C16H19N3O4S. The number of carbonyl (C=O) groups excluding carboxylic acids is 1. The van der Waals surface area contributed by atoms with Gasteiger partial charge in [0.25, 0.3) is 0 Å². The number of sulfone groups is 1. The number of nitrogens with zero attached hydrogens (tertiary/aromatic N) is 3. The number of hydrogen-bond donors (Lipinski definition) is 0. The summed E-state index contributed by atoms with van der Waals surface area (Å²) in [6.07, 6.45) is 1.29. The summed E-state index contributed by atoms with van der Waals surface area (Å²) >= 11 is 0. The van der Waals surface area contributed by atoms with Gasteiger partial charge in [0.15, 0.2) is 15.7 Å². The zero-order valence-corrected chi connectivity index (χ0v) is 14.4. The highest BCUT2D eigenvalue weighted by Crippen LogP contribution is 2.32. The number of para-hydroxylation sites is 1. The highest BCUT2D eigenvalue weighted by atomic mass is 32.2. The zero-order chi connectivity index (χ0) is 17.3. The van der Waals surface area contributed by atoms with E-state index in [-0.39, 0.29) is 11.9 Å². The molecule has 7 nitrogen and oxygen atoms in total. The van der Waals surface area contributed by atoms with E-state index >= 15 is 0 Å². The van der Waals surface area contributed by atoms with Gasteiger partial charge in [-0.1, -0.05) is 30.3 Å². The Bertz CT molecular complexity index is 860. The van der Waals surface area contributed by atoms with E-state index in [1.165, 1.54) is 0 Å². The Morgan fingerprint density at radius 3 is 2.83 bits per heavy atom. The van der Waals surface area contributed by atoms with Crippen molar-refractivity contribution in [1.29, 1.82) is 0 Å². The SMILES string of the molecule is CCc1noc(CS(=O)(=O)CC(=O)N2c3ccccc3CC2C)n1. The molecule has 0 N–H and O–H groups in total. The first kappa shape index (κ1) is 16.6. The number of hydrogen-bond acceptors (Lipinski definition) is 6. The maximum atomic E-state index is 12.6. The highest BCUT2D eigenvalue weighted by Gasteiger charge is 2.33. The molecule has 1 amide bonds. The van der Waals surface area contributed by atoms with E-state index in [9.17, 15) is 13.2 Å². The van der Waals surface area contributed by atoms with Crippen LogP contribution in [0.25, 0.3) is 0 Å². The number of amides is 1. The van der Waals surface area contributed by atoms with E-state index in [2.05, 4.69) is 10.1 Å². The summed E-state index contributed by atoms with van der Waals surface area (Å²) in [6.45, 7) is 3.76. The van der Waals surface area contributed by atoms with E-state index in [1.54, 1.807) is 4.90 Å². The van der Waals surface area contributed by atoms with Crippen LogP contribution in [0, 0.1) is 0 Å². The molecule has 0 saturated heterocycles. The molecule has 1 unspecified atom stereocenters.